The molecule has 0 aliphatic rings. The molecule has 0 spiro atoms. The van der Waals surface area contributed by atoms with Crippen molar-refractivity contribution in [2.24, 2.45) is 0 Å². The second kappa shape index (κ2) is 13.9. The first-order valence-electron chi connectivity index (χ1n) is 19.6. The van der Waals surface area contributed by atoms with Crippen LogP contribution in [0.15, 0.2) is 145 Å². The van der Waals surface area contributed by atoms with Crippen molar-refractivity contribution < 1.29 is 0 Å². The highest BCUT2D eigenvalue weighted by Gasteiger charge is 2.23. The quantitative estimate of drug-likeness (QED) is 0.178. The topological polar surface area (TPSA) is 30.7 Å². The predicted octanol–water partition coefficient (Wildman–Crippen LogP) is 14.4. The Morgan fingerprint density at radius 3 is 1.79 bits per heavy atom. The lowest BCUT2D eigenvalue weighted by molar-refractivity contribution is 0.590. The number of imidazole rings is 1. The summed E-state index contributed by atoms with van der Waals surface area (Å²) in [5, 5.41) is 1.15. The molecule has 0 saturated carbocycles. The van der Waals surface area contributed by atoms with E-state index in [4.69, 9.17) is 22.6 Å². The molecule has 0 aliphatic heterocycles. The molecule has 0 fully saturated rings. The number of hydrogen-bond donors (Lipinski definition) is 1. The van der Waals surface area contributed by atoms with E-state index in [0.29, 0.717) is 0 Å². The van der Waals surface area contributed by atoms with E-state index in [1.165, 1.54) is 27.8 Å². The van der Waals surface area contributed by atoms with Gasteiger partial charge in [0.2, 0.25) is 0 Å². The Morgan fingerprint density at radius 1 is 0.464 bits per heavy atom. The van der Waals surface area contributed by atoms with Gasteiger partial charge in [-0.15, -0.1) is 12.6 Å². The molecule has 56 heavy (non-hydrogen) atoms. The number of hydrogen-bond acceptors (Lipinski definition) is 3. The van der Waals surface area contributed by atoms with Crippen molar-refractivity contribution in [2.75, 3.05) is 0 Å². The van der Waals surface area contributed by atoms with Crippen LogP contribution in [-0.4, -0.2) is 14.5 Å². The molecule has 0 amide bonds. The normalized spacial score (nSPS) is 12.5. The maximum Gasteiger partial charge on any atom is 0.145 e. The highest BCUT2D eigenvalue weighted by atomic mass is 32.1. The first-order valence-corrected chi connectivity index (χ1v) is 20.1. The van der Waals surface area contributed by atoms with Gasteiger partial charge in [0.05, 0.1) is 16.6 Å². The Bertz CT molecular complexity index is 2730. The van der Waals surface area contributed by atoms with Gasteiger partial charge in [0.1, 0.15) is 5.82 Å². The maximum absolute atomic E-state index is 5.56. The van der Waals surface area contributed by atoms with Crippen LogP contribution >= 0.6 is 12.6 Å². The molecule has 0 bridgehead atoms. The van der Waals surface area contributed by atoms with Crippen LogP contribution in [0.5, 0.6) is 0 Å². The summed E-state index contributed by atoms with van der Waals surface area (Å²) in [5.41, 5.74) is 15.6. The second-order valence-electron chi connectivity index (χ2n) is 18.2. The van der Waals surface area contributed by atoms with Gasteiger partial charge in [-0.3, -0.25) is 9.55 Å². The van der Waals surface area contributed by atoms with Gasteiger partial charge in [0, 0.05) is 38.9 Å². The summed E-state index contributed by atoms with van der Waals surface area (Å²) in [5.74, 6) is 0.889. The highest BCUT2D eigenvalue weighted by Crippen LogP contribution is 2.42. The summed E-state index contributed by atoms with van der Waals surface area (Å²) in [6.45, 7) is 20.4. The smallest absolute Gasteiger partial charge is 0.145 e. The van der Waals surface area contributed by atoms with Crippen LogP contribution in [0.4, 0.5) is 0 Å². The van der Waals surface area contributed by atoms with Crippen molar-refractivity contribution in [1.82, 2.24) is 14.5 Å². The summed E-state index contributed by atoms with van der Waals surface area (Å²) in [7, 11) is 0. The molecule has 8 rings (SSSR count). The van der Waals surface area contributed by atoms with Gasteiger partial charge >= 0.3 is 0 Å². The zero-order valence-corrected chi connectivity index (χ0v) is 35.0. The fourth-order valence-electron chi connectivity index (χ4n) is 7.70. The van der Waals surface area contributed by atoms with E-state index < -0.39 is 0 Å². The monoisotopic (exact) mass is 749 g/mol. The van der Waals surface area contributed by atoms with Crippen molar-refractivity contribution in [3.63, 3.8) is 0 Å². The van der Waals surface area contributed by atoms with Gasteiger partial charge in [0.25, 0.3) is 0 Å². The molecular formula is C52H51N3S. The third kappa shape index (κ3) is 6.96. The molecule has 4 heteroatoms. The molecule has 0 radical (unpaired) electrons. The van der Waals surface area contributed by atoms with E-state index in [1.54, 1.807) is 0 Å². The molecular weight excluding hydrogens is 699 g/mol. The van der Waals surface area contributed by atoms with E-state index in [0.717, 1.165) is 66.2 Å². The number of pyridine rings is 1. The minimum atomic E-state index is -0.0654. The second-order valence-corrected chi connectivity index (χ2v) is 18.7. The Morgan fingerprint density at radius 2 is 1.09 bits per heavy atom. The van der Waals surface area contributed by atoms with E-state index in [-0.39, 0.29) is 16.2 Å². The predicted molar refractivity (Wildman–Crippen MR) is 241 cm³/mol. The summed E-state index contributed by atoms with van der Waals surface area (Å²) in [4.78, 5) is 11.5. The average Bonchev–Trinajstić information content (AvgIpc) is 3.57. The van der Waals surface area contributed by atoms with E-state index in [9.17, 15) is 0 Å². The Hall–Kier alpha value is -5.45. The fourth-order valence-corrected chi connectivity index (χ4v) is 7.96. The van der Waals surface area contributed by atoms with Gasteiger partial charge < -0.3 is 0 Å². The van der Waals surface area contributed by atoms with E-state index in [2.05, 4.69) is 200 Å². The average molecular weight is 750 g/mol. The lowest BCUT2D eigenvalue weighted by Crippen LogP contribution is -2.11. The summed E-state index contributed by atoms with van der Waals surface area (Å²) >= 11 is 4.99. The molecule has 2 heterocycles. The minimum Gasteiger partial charge on any atom is -0.292 e. The van der Waals surface area contributed by atoms with Crippen molar-refractivity contribution in [1.29, 1.82) is 0 Å². The SMILES string of the molecule is CC(C)(C)c1ccc(-n2c(-c3cccc(-c4cc(C(C)(C)C)cc5c(-c6ccccc6)ccnc45)c3)nc3c(-c4cc(C(C)(C)C)ccc4S)cccc32)cc1. The Balaban J connectivity index is 1.38. The minimum absolute atomic E-state index is 0.00489. The molecule has 8 aromatic rings. The van der Waals surface area contributed by atoms with Crippen LogP contribution in [0.25, 0.3) is 72.4 Å². The van der Waals surface area contributed by atoms with Crippen LogP contribution < -0.4 is 0 Å². The number of aromatic nitrogens is 3. The van der Waals surface area contributed by atoms with E-state index in [1.807, 2.05) is 6.20 Å². The number of rotatable bonds is 5. The standard InChI is InChI=1S/C52H51N3S/c1-50(2,3)36-21-24-39(25-22-36)55-45-20-14-19-41(43-30-37(51(4,5)6)23-26-46(43)56)48(45)54-49(55)35-18-13-17-34(29-35)42-31-38(52(7,8)9)32-44-40(27-28-53-47(42)44)33-15-11-10-12-16-33/h10-32,56H,1-9H3. The van der Waals surface area contributed by atoms with Crippen LogP contribution in [0.2, 0.25) is 0 Å². The molecule has 0 aliphatic carbocycles. The van der Waals surface area contributed by atoms with Gasteiger partial charge in [-0.2, -0.15) is 0 Å². The molecule has 3 nitrogen and oxygen atoms in total. The molecule has 0 unspecified atom stereocenters. The van der Waals surface area contributed by atoms with Gasteiger partial charge in [-0.05, 0) is 110 Å². The number of para-hydroxylation sites is 1. The number of thiol groups is 1. The third-order valence-electron chi connectivity index (χ3n) is 11.1. The van der Waals surface area contributed by atoms with Crippen molar-refractivity contribution in [3.05, 3.63) is 156 Å². The first kappa shape index (κ1) is 37.5. The zero-order valence-electron chi connectivity index (χ0n) is 34.1. The van der Waals surface area contributed by atoms with Gasteiger partial charge in [-0.1, -0.05) is 141 Å². The fraction of sp³-hybridized carbons (Fsp3) is 0.231. The lowest BCUT2D eigenvalue weighted by atomic mass is 9.83. The molecule has 0 N–H and O–H groups in total. The molecule has 280 valence electrons. The summed E-state index contributed by atoms with van der Waals surface area (Å²) in [6.07, 6.45) is 1.95. The number of benzene rings is 6. The molecule has 6 aromatic carbocycles. The number of fused-ring (bicyclic) bond motifs is 2. The van der Waals surface area contributed by atoms with Gasteiger partial charge in [-0.25, -0.2) is 4.98 Å². The largest absolute Gasteiger partial charge is 0.292 e. The Kier molecular flexibility index (Phi) is 9.32. The van der Waals surface area contributed by atoms with Crippen LogP contribution in [0.1, 0.15) is 79.0 Å². The van der Waals surface area contributed by atoms with Gasteiger partial charge in [0.15, 0.2) is 0 Å². The Labute approximate surface area is 337 Å². The molecule has 0 saturated heterocycles. The maximum atomic E-state index is 5.56. The van der Waals surface area contributed by atoms with Crippen molar-refractivity contribution >= 4 is 34.6 Å². The third-order valence-corrected chi connectivity index (χ3v) is 11.4. The number of nitrogens with zero attached hydrogens (tertiary/aromatic N) is 3. The van der Waals surface area contributed by atoms with Crippen LogP contribution in [0.3, 0.4) is 0 Å². The molecule has 0 atom stereocenters. The summed E-state index contributed by atoms with van der Waals surface area (Å²) < 4.78 is 2.33. The van der Waals surface area contributed by atoms with Crippen molar-refractivity contribution in [2.45, 2.75) is 83.5 Å². The lowest BCUT2D eigenvalue weighted by Gasteiger charge is -2.22. The van der Waals surface area contributed by atoms with Crippen LogP contribution in [0, 0.1) is 0 Å². The molecule has 2 aromatic heterocycles. The zero-order chi connectivity index (χ0) is 39.6. The van der Waals surface area contributed by atoms with Crippen LogP contribution in [-0.2, 0) is 16.2 Å². The highest BCUT2D eigenvalue weighted by molar-refractivity contribution is 7.80. The summed E-state index contributed by atoms with van der Waals surface area (Å²) in [6, 6.07) is 48.4. The van der Waals surface area contributed by atoms with Crippen molar-refractivity contribution in [3.8, 4) is 50.5 Å². The first-order chi connectivity index (χ1) is 26.6. The van der Waals surface area contributed by atoms with E-state index >= 15 is 0 Å².